The first kappa shape index (κ1) is 16.9. The van der Waals surface area contributed by atoms with Crippen LogP contribution < -0.4 is 5.32 Å². The van der Waals surface area contributed by atoms with Gasteiger partial charge >= 0.3 is 5.69 Å². The Hall–Kier alpha value is -2.51. The molecular weight excluding hydrogens is 336 g/mol. The molecule has 0 amide bonds. The molecule has 8 heteroatoms. The third-order valence-electron chi connectivity index (χ3n) is 2.75. The van der Waals surface area contributed by atoms with E-state index in [9.17, 15) is 10.1 Å². The van der Waals surface area contributed by atoms with Crippen molar-refractivity contribution in [3.63, 3.8) is 0 Å². The Bertz CT molecular complexity index is 786. The highest BCUT2D eigenvalue weighted by molar-refractivity contribution is 7.12. The van der Waals surface area contributed by atoms with Crippen molar-refractivity contribution in [2.75, 3.05) is 5.32 Å². The summed E-state index contributed by atoms with van der Waals surface area (Å²) in [4.78, 5) is 19.8. The monoisotopic (exact) mass is 348 g/mol. The molecular formula is C15H13ClN4O2S. The third-order valence-corrected chi connectivity index (χ3v) is 3.99. The van der Waals surface area contributed by atoms with Crippen LogP contribution >= 0.6 is 22.9 Å². The Kier molecular flexibility index (Phi) is 5.61. The van der Waals surface area contributed by atoms with Gasteiger partial charge in [-0.3, -0.25) is 10.1 Å². The maximum absolute atomic E-state index is 11.0. The van der Waals surface area contributed by atoms with Crippen LogP contribution in [-0.2, 0) is 6.54 Å². The Morgan fingerprint density at radius 2 is 2.17 bits per heavy atom. The van der Waals surface area contributed by atoms with E-state index in [4.69, 9.17) is 11.6 Å². The highest BCUT2D eigenvalue weighted by Gasteiger charge is 2.16. The smallest absolute Gasteiger partial charge is 0.311 e. The molecule has 2 rings (SSSR count). The van der Waals surface area contributed by atoms with Gasteiger partial charge in [0.25, 0.3) is 0 Å². The second kappa shape index (κ2) is 7.66. The van der Waals surface area contributed by atoms with Crippen LogP contribution in [0.15, 0.2) is 37.4 Å². The van der Waals surface area contributed by atoms with Crippen molar-refractivity contribution in [3.05, 3.63) is 68.3 Å². The van der Waals surface area contributed by atoms with Crippen molar-refractivity contribution in [2.24, 2.45) is 0 Å². The zero-order chi connectivity index (χ0) is 16.8. The van der Waals surface area contributed by atoms with Gasteiger partial charge in [0.1, 0.15) is 10.2 Å². The number of hydrogen-bond donors (Lipinski definition) is 1. The fourth-order valence-electron chi connectivity index (χ4n) is 1.75. The van der Waals surface area contributed by atoms with Crippen LogP contribution in [0.3, 0.4) is 0 Å². The van der Waals surface area contributed by atoms with E-state index in [0.29, 0.717) is 6.54 Å². The van der Waals surface area contributed by atoms with Gasteiger partial charge in [0.2, 0.25) is 5.82 Å². The predicted octanol–water partition coefficient (Wildman–Crippen LogP) is 4.55. The number of nitrogens with one attached hydrogen (secondary N) is 1. The third kappa shape index (κ3) is 4.24. The lowest BCUT2D eigenvalue weighted by Gasteiger charge is -2.04. The second-order valence-corrected chi connectivity index (χ2v) is 5.77. The molecule has 0 aromatic carbocycles. The molecule has 0 bridgehead atoms. The molecule has 0 fully saturated rings. The molecule has 0 aliphatic carbocycles. The molecule has 0 aliphatic heterocycles. The largest absolute Gasteiger partial charge is 0.358 e. The lowest BCUT2D eigenvalue weighted by molar-refractivity contribution is -0.384. The minimum absolute atomic E-state index is 0.112. The van der Waals surface area contributed by atoms with Crippen molar-refractivity contribution in [1.82, 2.24) is 9.97 Å². The minimum atomic E-state index is -0.513. The van der Waals surface area contributed by atoms with Gasteiger partial charge in [-0.1, -0.05) is 36.9 Å². The number of anilines is 1. The van der Waals surface area contributed by atoms with Gasteiger partial charge in [-0.05, 0) is 18.2 Å². The highest BCUT2D eigenvalue weighted by Crippen LogP contribution is 2.26. The number of halogens is 1. The minimum Gasteiger partial charge on any atom is -0.358 e. The molecule has 0 aliphatic rings. The Morgan fingerprint density at radius 3 is 2.83 bits per heavy atom. The molecule has 1 N–H and O–H groups in total. The molecule has 0 spiro atoms. The number of pyridine rings is 1. The summed E-state index contributed by atoms with van der Waals surface area (Å²) in [6.07, 6.45) is 7.01. The average Bonchev–Trinajstić information content (AvgIpc) is 2.93. The molecule has 2 aromatic rings. The van der Waals surface area contributed by atoms with Gasteiger partial charge < -0.3 is 5.32 Å². The van der Waals surface area contributed by atoms with Crippen molar-refractivity contribution in [2.45, 2.75) is 6.54 Å². The standard InChI is InChI=1S/C15H13ClN4O2S/c1-3-5-6-12-10(4-2)18-14(23-12)9-17-15-11(20(21)22)7-8-13(16)19-15/h3-8H,1-2,9H2,(H,17,19)/b6-5-. The SMILES string of the molecule is C=C/C=C\c1sc(CNc2nc(Cl)ccc2[N+](=O)[O-])nc1C=C. The van der Waals surface area contributed by atoms with E-state index in [2.05, 4.69) is 28.4 Å². The van der Waals surface area contributed by atoms with E-state index < -0.39 is 4.92 Å². The van der Waals surface area contributed by atoms with E-state index in [1.165, 1.54) is 23.5 Å². The molecule has 0 saturated carbocycles. The van der Waals surface area contributed by atoms with E-state index in [1.54, 1.807) is 18.2 Å². The predicted molar refractivity (Wildman–Crippen MR) is 94.7 cm³/mol. The molecule has 2 aromatic heterocycles. The summed E-state index contributed by atoms with van der Waals surface area (Å²) >= 11 is 7.25. The van der Waals surface area contributed by atoms with Crippen molar-refractivity contribution in [3.8, 4) is 0 Å². The summed E-state index contributed by atoms with van der Waals surface area (Å²) in [7, 11) is 0. The normalized spacial score (nSPS) is 10.7. The first-order valence-corrected chi connectivity index (χ1v) is 7.70. The van der Waals surface area contributed by atoms with Gasteiger partial charge in [0.15, 0.2) is 0 Å². The Labute approximate surface area is 142 Å². The summed E-state index contributed by atoms with van der Waals surface area (Å²) in [6, 6.07) is 2.69. The fourth-order valence-corrected chi connectivity index (χ4v) is 2.82. The lowest BCUT2D eigenvalue weighted by atomic mass is 10.3. The van der Waals surface area contributed by atoms with Gasteiger partial charge in [-0.2, -0.15) is 0 Å². The summed E-state index contributed by atoms with van der Waals surface area (Å²) < 4.78 is 0. The molecule has 6 nitrogen and oxygen atoms in total. The number of hydrogen-bond acceptors (Lipinski definition) is 6. The second-order valence-electron chi connectivity index (χ2n) is 4.27. The van der Waals surface area contributed by atoms with Crippen molar-refractivity contribution >= 4 is 46.6 Å². The van der Waals surface area contributed by atoms with E-state index in [0.717, 1.165) is 15.6 Å². The quantitative estimate of drug-likeness (QED) is 0.343. The van der Waals surface area contributed by atoms with E-state index >= 15 is 0 Å². The fraction of sp³-hybridized carbons (Fsp3) is 0.0667. The summed E-state index contributed by atoms with van der Waals surface area (Å²) in [5, 5.41) is 14.8. The molecule has 0 radical (unpaired) electrons. The zero-order valence-corrected chi connectivity index (χ0v) is 13.6. The molecule has 0 unspecified atom stereocenters. The maximum atomic E-state index is 11.0. The molecule has 118 valence electrons. The molecule has 23 heavy (non-hydrogen) atoms. The first-order valence-electron chi connectivity index (χ1n) is 6.51. The summed E-state index contributed by atoms with van der Waals surface area (Å²) in [6.45, 7) is 7.64. The summed E-state index contributed by atoms with van der Waals surface area (Å²) in [5.74, 6) is 0.112. The van der Waals surface area contributed by atoms with Crippen LogP contribution in [0.25, 0.3) is 12.2 Å². The zero-order valence-electron chi connectivity index (χ0n) is 12.0. The number of nitrogens with zero attached hydrogens (tertiary/aromatic N) is 3. The first-order chi connectivity index (χ1) is 11.0. The highest BCUT2D eigenvalue weighted by atomic mass is 35.5. The number of nitro groups is 1. The van der Waals surface area contributed by atoms with Crippen LogP contribution in [0.1, 0.15) is 15.6 Å². The van der Waals surface area contributed by atoms with Crippen LogP contribution in [0.4, 0.5) is 11.5 Å². The van der Waals surface area contributed by atoms with Gasteiger partial charge in [0.05, 0.1) is 22.0 Å². The van der Waals surface area contributed by atoms with E-state index in [1.807, 2.05) is 6.08 Å². The Balaban J connectivity index is 2.21. The van der Waals surface area contributed by atoms with Crippen LogP contribution in [-0.4, -0.2) is 14.9 Å². The molecule has 2 heterocycles. The summed E-state index contributed by atoms with van der Waals surface area (Å²) in [5.41, 5.74) is 0.611. The lowest BCUT2D eigenvalue weighted by Crippen LogP contribution is -2.04. The van der Waals surface area contributed by atoms with Gasteiger partial charge in [0, 0.05) is 6.07 Å². The van der Waals surface area contributed by atoms with Crippen LogP contribution in [0, 0.1) is 10.1 Å². The number of aromatic nitrogens is 2. The van der Waals surface area contributed by atoms with Gasteiger partial charge in [-0.15, -0.1) is 11.3 Å². The van der Waals surface area contributed by atoms with E-state index in [-0.39, 0.29) is 16.7 Å². The van der Waals surface area contributed by atoms with Gasteiger partial charge in [-0.25, -0.2) is 9.97 Å². The average molecular weight is 349 g/mol. The van der Waals surface area contributed by atoms with Crippen LogP contribution in [0.5, 0.6) is 0 Å². The van der Waals surface area contributed by atoms with Crippen molar-refractivity contribution < 1.29 is 4.92 Å². The topological polar surface area (TPSA) is 81.0 Å². The number of rotatable bonds is 7. The number of thiazole rings is 1. The molecule has 0 atom stereocenters. The Morgan fingerprint density at radius 1 is 1.39 bits per heavy atom. The maximum Gasteiger partial charge on any atom is 0.311 e. The van der Waals surface area contributed by atoms with Crippen LogP contribution in [0.2, 0.25) is 5.15 Å². The number of allylic oxidation sites excluding steroid dienone is 2. The van der Waals surface area contributed by atoms with Crippen molar-refractivity contribution in [1.29, 1.82) is 0 Å². The molecule has 0 saturated heterocycles.